The van der Waals surface area contributed by atoms with Gasteiger partial charge in [-0.2, -0.15) is 0 Å². The average molecular weight is 222 g/mol. The lowest BCUT2D eigenvalue weighted by Crippen LogP contribution is -2.50. The molecular weight excluding hydrogens is 200 g/mol. The fourth-order valence-electron chi connectivity index (χ4n) is 2.23. The van der Waals surface area contributed by atoms with Crippen molar-refractivity contribution >= 4 is 5.91 Å². The van der Waals surface area contributed by atoms with Gasteiger partial charge in [0.1, 0.15) is 0 Å². The third kappa shape index (κ3) is 3.20. The van der Waals surface area contributed by atoms with Crippen molar-refractivity contribution in [2.75, 3.05) is 13.1 Å². The van der Waals surface area contributed by atoms with Crippen molar-refractivity contribution in [3.63, 3.8) is 0 Å². The molecule has 0 bridgehead atoms. The normalized spacial score (nSPS) is 26.8. The highest BCUT2D eigenvalue weighted by Crippen LogP contribution is 2.22. The standard InChI is InChI=1S/C13H22N2O/c1-3-4-5-8-13(16)15-9-6-7-11(2)12(15)10-14/h3-5,8,11-12H,6-7,9-10,14H2,1-2H3. The molecule has 1 rings (SSSR count). The number of hydrogen-bond donors (Lipinski definition) is 1. The Balaban J connectivity index is 2.65. The first kappa shape index (κ1) is 13.0. The SMILES string of the molecule is CC=CC=CC(=O)N1CCCC(C)C1CN. The van der Waals surface area contributed by atoms with Crippen LogP contribution in [0.2, 0.25) is 0 Å². The lowest BCUT2D eigenvalue weighted by atomic mass is 9.91. The number of nitrogens with two attached hydrogens (primary N) is 1. The summed E-state index contributed by atoms with van der Waals surface area (Å²) in [4.78, 5) is 13.8. The summed E-state index contributed by atoms with van der Waals surface area (Å²) in [6.45, 7) is 5.50. The van der Waals surface area contributed by atoms with Crippen LogP contribution in [-0.2, 0) is 4.79 Å². The van der Waals surface area contributed by atoms with Gasteiger partial charge in [0.25, 0.3) is 0 Å². The van der Waals surface area contributed by atoms with E-state index in [1.165, 1.54) is 6.42 Å². The highest BCUT2D eigenvalue weighted by molar-refractivity contribution is 5.88. The molecule has 2 unspecified atom stereocenters. The Kier molecular flexibility index (Phi) is 5.26. The van der Waals surface area contributed by atoms with Gasteiger partial charge >= 0.3 is 0 Å². The number of nitrogens with zero attached hydrogens (tertiary/aromatic N) is 1. The third-order valence-electron chi connectivity index (χ3n) is 3.18. The van der Waals surface area contributed by atoms with Crippen LogP contribution in [-0.4, -0.2) is 29.9 Å². The van der Waals surface area contributed by atoms with Crippen molar-refractivity contribution in [1.29, 1.82) is 0 Å². The number of amides is 1. The molecule has 0 aromatic heterocycles. The lowest BCUT2D eigenvalue weighted by Gasteiger charge is -2.38. The predicted molar refractivity (Wildman–Crippen MR) is 66.9 cm³/mol. The molecule has 0 spiro atoms. The minimum Gasteiger partial charge on any atom is -0.335 e. The van der Waals surface area contributed by atoms with Crippen molar-refractivity contribution in [3.8, 4) is 0 Å². The fourth-order valence-corrected chi connectivity index (χ4v) is 2.23. The van der Waals surface area contributed by atoms with Crippen molar-refractivity contribution < 1.29 is 4.79 Å². The first-order chi connectivity index (χ1) is 7.70. The van der Waals surface area contributed by atoms with Crippen molar-refractivity contribution in [1.82, 2.24) is 4.90 Å². The van der Waals surface area contributed by atoms with Crippen LogP contribution in [0.3, 0.4) is 0 Å². The number of rotatable bonds is 3. The molecule has 16 heavy (non-hydrogen) atoms. The van der Waals surface area contributed by atoms with Crippen LogP contribution < -0.4 is 5.73 Å². The molecular formula is C13H22N2O. The Hall–Kier alpha value is -1.09. The van der Waals surface area contributed by atoms with E-state index in [-0.39, 0.29) is 11.9 Å². The van der Waals surface area contributed by atoms with E-state index >= 15 is 0 Å². The van der Waals surface area contributed by atoms with Gasteiger partial charge in [0, 0.05) is 25.2 Å². The summed E-state index contributed by atoms with van der Waals surface area (Å²) in [5.74, 6) is 0.595. The number of allylic oxidation sites excluding steroid dienone is 3. The summed E-state index contributed by atoms with van der Waals surface area (Å²) >= 11 is 0. The Bertz CT molecular complexity index is 284. The van der Waals surface area contributed by atoms with Gasteiger partial charge in [-0.05, 0) is 25.7 Å². The average Bonchev–Trinajstić information content (AvgIpc) is 2.29. The van der Waals surface area contributed by atoms with E-state index < -0.39 is 0 Å². The molecule has 1 aliphatic rings. The molecule has 3 heteroatoms. The summed E-state index contributed by atoms with van der Waals surface area (Å²) in [5.41, 5.74) is 5.74. The fraction of sp³-hybridized carbons (Fsp3) is 0.615. The van der Waals surface area contributed by atoms with Crippen molar-refractivity contribution in [2.45, 2.75) is 32.7 Å². The van der Waals surface area contributed by atoms with E-state index in [0.717, 1.165) is 13.0 Å². The van der Waals surface area contributed by atoms with E-state index in [2.05, 4.69) is 6.92 Å². The number of piperidine rings is 1. The molecule has 0 aromatic carbocycles. The van der Waals surface area contributed by atoms with Crippen LogP contribution >= 0.6 is 0 Å². The van der Waals surface area contributed by atoms with E-state index in [4.69, 9.17) is 5.73 Å². The molecule has 0 aliphatic carbocycles. The minimum atomic E-state index is 0.0834. The molecule has 1 heterocycles. The largest absolute Gasteiger partial charge is 0.335 e. The summed E-state index contributed by atoms with van der Waals surface area (Å²) in [6.07, 6.45) is 9.44. The third-order valence-corrected chi connectivity index (χ3v) is 3.18. The maximum absolute atomic E-state index is 11.9. The number of likely N-dealkylation sites (tertiary alicyclic amines) is 1. The zero-order valence-electron chi connectivity index (χ0n) is 10.2. The molecule has 1 amide bonds. The second-order valence-corrected chi connectivity index (χ2v) is 4.34. The zero-order chi connectivity index (χ0) is 12.0. The summed E-state index contributed by atoms with van der Waals surface area (Å²) in [5, 5.41) is 0. The molecule has 2 N–H and O–H groups in total. The van der Waals surface area contributed by atoms with E-state index in [9.17, 15) is 4.79 Å². The van der Waals surface area contributed by atoms with E-state index in [0.29, 0.717) is 12.5 Å². The van der Waals surface area contributed by atoms with E-state index in [1.54, 1.807) is 12.2 Å². The Morgan fingerprint density at radius 3 is 2.88 bits per heavy atom. The second kappa shape index (κ2) is 6.48. The van der Waals surface area contributed by atoms with Crippen molar-refractivity contribution in [3.05, 3.63) is 24.3 Å². The van der Waals surface area contributed by atoms with Crippen LogP contribution in [0.1, 0.15) is 26.7 Å². The van der Waals surface area contributed by atoms with Crippen molar-refractivity contribution in [2.24, 2.45) is 11.7 Å². The quantitative estimate of drug-likeness (QED) is 0.583. The Labute approximate surface area is 98.0 Å². The summed E-state index contributed by atoms with van der Waals surface area (Å²) in [6, 6.07) is 0.205. The molecule has 1 fully saturated rings. The zero-order valence-corrected chi connectivity index (χ0v) is 10.2. The van der Waals surface area contributed by atoms with Gasteiger partial charge in [0.05, 0.1) is 0 Å². The topological polar surface area (TPSA) is 46.3 Å². The lowest BCUT2D eigenvalue weighted by molar-refractivity contribution is -0.130. The maximum Gasteiger partial charge on any atom is 0.246 e. The van der Waals surface area contributed by atoms with Crippen LogP contribution in [0.25, 0.3) is 0 Å². The molecule has 0 aromatic rings. The highest BCUT2D eigenvalue weighted by Gasteiger charge is 2.29. The van der Waals surface area contributed by atoms with Gasteiger partial charge in [0.15, 0.2) is 0 Å². The smallest absolute Gasteiger partial charge is 0.246 e. The van der Waals surface area contributed by atoms with Gasteiger partial charge in [-0.3, -0.25) is 4.79 Å². The van der Waals surface area contributed by atoms with Gasteiger partial charge in [-0.25, -0.2) is 0 Å². The molecule has 0 radical (unpaired) electrons. The first-order valence-corrected chi connectivity index (χ1v) is 6.00. The van der Waals surface area contributed by atoms with Crippen LogP contribution in [0.4, 0.5) is 0 Å². The van der Waals surface area contributed by atoms with Crippen LogP contribution in [0.15, 0.2) is 24.3 Å². The summed E-state index contributed by atoms with van der Waals surface area (Å²) in [7, 11) is 0. The highest BCUT2D eigenvalue weighted by atomic mass is 16.2. The molecule has 1 saturated heterocycles. The molecule has 90 valence electrons. The number of carbonyl (C=O) groups is 1. The van der Waals surface area contributed by atoms with Crippen LogP contribution in [0, 0.1) is 5.92 Å². The van der Waals surface area contributed by atoms with Gasteiger partial charge in [-0.15, -0.1) is 0 Å². The molecule has 3 nitrogen and oxygen atoms in total. The van der Waals surface area contributed by atoms with Gasteiger partial charge in [-0.1, -0.05) is 25.2 Å². The molecule has 0 saturated carbocycles. The Morgan fingerprint density at radius 2 is 2.25 bits per heavy atom. The summed E-state index contributed by atoms with van der Waals surface area (Å²) < 4.78 is 0. The molecule has 1 aliphatic heterocycles. The van der Waals surface area contributed by atoms with Gasteiger partial charge < -0.3 is 10.6 Å². The number of carbonyl (C=O) groups excluding carboxylic acids is 1. The monoisotopic (exact) mass is 222 g/mol. The molecule has 2 atom stereocenters. The predicted octanol–water partition coefficient (Wildman–Crippen LogP) is 1.70. The second-order valence-electron chi connectivity index (χ2n) is 4.34. The minimum absolute atomic E-state index is 0.0834. The number of hydrogen-bond acceptors (Lipinski definition) is 2. The maximum atomic E-state index is 11.9. The Morgan fingerprint density at radius 1 is 1.50 bits per heavy atom. The van der Waals surface area contributed by atoms with Crippen LogP contribution in [0.5, 0.6) is 0 Å². The first-order valence-electron chi connectivity index (χ1n) is 6.00. The van der Waals surface area contributed by atoms with E-state index in [1.807, 2.05) is 24.0 Å². The van der Waals surface area contributed by atoms with Gasteiger partial charge in [0.2, 0.25) is 5.91 Å².